The van der Waals surface area contributed by atoms with Crippen molar-refractivity contribution in [1.29, 1.82) is 0 Å². The van der Waals surface area contributed by atoms with E-state index in [9.17, 15) is 4.79 Å². The van der Waals surface area contributed by atoms with E-state index in [2.05, 4.69) is 20.3 Å². The van der Waals surface area contributed by atoms with Gasteiger partial charge in [-0.25, -0.2) is 0 Å². The Bertz CT molecular complexity index is 272. The highest BCUT2D eigenvalue weighted by molar-refractivity contribution is 5.89. The van der Waals surface area contributed by atoms with Crippen molar-refractivity contribution in [2.45, 2.75) is 26.3 Å². The molecule has 5 heteroatoms. The average Bonchev–Trinajstić information content (AvgIpc) is 2.56. The van der Waals surface area contributed by atoms with Gasteiger partial charge in [0.1, 0.15) is 6.26 Å². The third-order valence-electron chi connectivity index (χ3n) is 1.75. The van der Waals surface area contributed by atoms with Gasteiger partial charge in [-0.2, -0.15) is 0 Å². The number of carbonyl (C=O) groups excluding carboxylic acids is 1. The smallest absolute Gasteiger partial charge is 0.227 e. The molecule has 1 unspecified atom stereocenters. The predicted molar refractivity (Wildman–Crippen MR) is 52.9 cm³/mol. The van der Waals surface area contributed by atoms with Crippen LogP contribution in [0.25, 0.3) is 0 Å². The summed E-state index contributed by atoms with van der Waals surface area (Å²) in [6.07, 6.45) is 1.85. The maximum Gasteiger partial charge on any atom is 0.227 e. The zero-order valence-electron chi connectivity index (χ0n) is 8.41. The van der Waals surface area contributed by atoms with Crippen molar-refractivity contribution in [3.63, 3.8) is 0 Å². The highest BCUT2D eigenvalue weighted by atomic mass is 16.5. The van der Waals surface area contributed by atoms with Gasteiger partial charge in [0.25, 0.3) is 0 Å². The zero-order chi connectivity index (χ0) is 10.4. The average molecular weight is 197 g/mol. The number of rotatable bonds is 5. The Hall–Kier alpha value is -1.36. The van der Waals surface area contributed by atoms with Crippen LogP contribution >= 0.6 is 0 Å². The first kappa shape index (κ1) is 10.7. The van der Waals surface area contributed by atoms with E-state index in [1.54, 1.807) is 6.07 Å². The van der Waals surface area contributed by atoms with Crippen LogP contribution < -0.4 is 10.6 Å². The molecule has 1 aromatic rings. The lowest BCUT2D eigenvalue weighted by Gasteiger charge is -2.10. The lowest BCUT2D eigenvalue weighted by Crippen LogP contribution is -2.30. The second-order valence-corrected chi connectivity index (χ2v) is 3.10. The maximum absolute atomic E-state index is 11.4. The summed E-state index contributed by atoms with van der Waals surface area (Å²) in [7, 11) is 0. The summed E-state index contributed by atoms with van der Waals surface area (Å²) in [5.41, 5.74) is 0. The molecule has 0 aliphatic heterocycles. The number of amides is 1. The van der Waals surface area contributed by atoms with Crippen LogP contribution in [-0.4, -0.2) is 23.7 Å². The van der Waals surface area contributed by atoms with Crippen LogP contribution in [0.4, 0.5) is 5.82 Å². The van der Waals surface area contributed by atoms with Crippen molar-refractivity contribution in [3.05, 3.63) is 12.3 Å². The van der Waals surface area contributed by atoms with Gasteiger partial charge in [-0.05, 0) is 13.5 Å². The van der Waals surface area contributed by atoms with E-state index in [0.717, 1.165) is 6.54 Å². The monoisotopic (exact) mass is 197 g/mol. The Balaban J connectivity index is 2.29. The van der Waals surface area contributed by atoms with Gasteiger partial charge in [-0.15, -0.1) is 0 Å². The fourth-order valence-electron chi connectivity index (χ4n) is 1.17. The van der Waals surface area contributed by atoms with E-state index >= 15 is 0 Å². The third-order valence-corrected chi connectivity index (χ3v) is 1.75. The van der Waals surface area contributed by atoms with Gasteiger partial charge in [0.05, 0.1) is 0 Å². The van der Waals surface area contributed by atoms with E-state index in [-0.39, 0.29) is 11.9 Å². The summed E-state index contributed by atoms with van der Waals surface area (Å²) >= 11 is 0. The van der Waals surface area contributed by atoms with Crippen LogP contribution in [0.5, 0.6) is 0 Å². The van der Waals surface area contributed by atoms with Crippen molar-refractivity contribution in [2.24, 2.45) is 0 Å². The molecule has 0 aliphatic carbocycles. The molecule has 14 heavy (non-hydrogen) atoms. The van der Waals surface area contributed by atoms with Crippen molar-refractivity contribution in [1.82, 2.24) is 10.5 Å². The molecule has 0 aliphatic rings. The van der Waals surface area contributed by atoms with Crippen LogP contribution in [0.1, 0.15) is 20.3 Å². The molecule has 2 N–H and O–H groups in total. The third kappa shape index (κ3) is 3.57. The highest BCUT2D eigenvalue weighted by Crippen LogP contribution is 2.02. The summed E-state index contributed by atoms with van der Waals surface area (Å²) in [4.78, 5) is 11.4. The van der Waals surface area contributed by atoms with Gasteiger partial charge in [0.15, 0.2) is 5.82 Å². The van der Waals surface area contributed by atoms with Crippen LogP contribution in [0, 0.1) is 0 Å². The summed E-state index contributed by atoms with van der Waals surface area (Å²) in [5.74, 6) is 0.394. The van der Waals surface area contributed by atoms with Crippen LogP contribution in [0.15, 0.2) is 16.9 Å². The molecular weight excluding hydrogens is 182 g/mol. The number of nitrogens with one attached hydrogen (secondary N) is 2. The SMILES string of the molecule is CCNC(C)CC(=O)Nc1ccon1. The molecule has 1 rings (SSSR count). The standard InChI is InChI=1S/C9H15N3O2/c1-3-10-7(2)6-9(13)11-8-4-5-14-12-8/h4-5,7,10H,3,6H2,1-2H3,(H,11,12,13). The first-order chi connectivity index (χ1) is 6.72. The van der Waals surface area contributed by atoms with Crippen molar-refractivity contribution >= 4 is 11.7 Å². The molecule has 0 saturated carbocycles. The van der Waals surface area contributed by atoms with Crippen molar-refractivity contribution < 1.29 is 9.32 Å². The molecule has 0 fully saturated rings. The molecule has 1 atom stereocenters. The molecule has 0 aromatic carbocycles. The van der Waals surface area contributed by atoms with Gasteiger partial charge >= 0.3 is 0 Å². The van der Waals surface area contributed by atoms with Crippen LogP contribution in [0.2, 0.25) is 0 Å². The van der Waals surface area contributed by atoms with E-state index < -0.39 is 0 Å². The molecule has 78 valence electrons. The van der Waals surface area contributed by atoms with Crippen molar-refractivity contribution in [2.75, 3.05) is 11.9 Å². The largest absolute Gasteiger partial charge is 0.363 e. The fourth-order valence-corrected chi connectivity index (χ4v) is 1.17. The Morgan fingerprint density at radius 3 is 3.07 bits per heavy atom. The zero-order valence-corrected chi connectivity index (χ0v) is 8.41. The Morgan fingerprint density at radius 2 is 2.50 bits per heavy atom. The number of nitrogens with zero attached hydrogens (tertiary/aromatic N) is 1. The van der Waals surface area contributed by atoms with Crippen LogP contribution in [-0.2, 0) is 4.79 Å². The van der Waals surface area contributed by atoms with Gasteiger partial charge in [0, 0.05) is 18.5 Å². The predicted octanol–water partition coefficient (Wildman–Crippen LogP) is 1.00. The number of aromatic nitrogens is 1. The molecule has 0 spiro atoms. The number of carbonyl (C=O) groups is 1. The van der Waals surface area contributed by atoms with E-state index in [1.807, 2.05) is 13.8 Å². The molecule has 0 bridgehead atoms. The number of anilines is 1. The second-order valence-electron chi connectivity index (χ2n) is 3.10. The lowest BCUT2D eigenvalue weighted by atomic mass is 10.2. The molecule has 0 saturated heterocycles. The maximum atomic E-state index is 11.4. The first-order valence-electron chi connectivity index (χ1n) is 4.66. The number of hydrogen-bond donors (Lipinski definition) is 2. The molecule has 1 amide bonds. The summed E-state index contributed by atoms with van der Waals surface area (Å²) < 4.78 is 4.59. The number of hydrogen-bond acceptors (Lipinski definition) is 4. The van der Waals surface area contributed by atoms with E-state index in [1.165, 1.54) is 6.26 Å². The van der Waals surface area contributed by atoms with Crippen LogP contribution in [0.3, 0.4) is 0 Å². The minimum absolute atomic E-state index is 0.0626. The van der Waals surface area contributed by atoms with E-state index in [4.69, 9.17) is 0 Å². The van der Waals surface area contributed by atoms with Gasteiger partial charge in [-0.1, -0.05) is 12.1 Å². The fraction of sp³-hybridized carbons (Fsp3) is 0.556. The lowest BCUT2D eigenvalue weighted by molar-refractivity contribution is -0.116. The summed E-state index contributed by atoms with van der Waals surface area (Å²) in [6.45, 7) is 4.83. The quantitative estimate of drug-likeness (QED) is 0.739. The van der Waals surface area contributed by atoms with Gasteiger partial charge in [-0.3, -0.25) is 4.79 Å². The van der Waals surface area contributed by atoms with E-state index in [0.29, 0.717) is 12.2 Å². The minimum Gasteiger partial charge on any atom is -0.363 e. The first-order valence-corrected chi connectivity index (χ1v) is 4.66. The Morgan fingerprint density at radius 1 is 1.71 bits per heavy atom. The topological polar surface area (TPSA) is 67.2 Å². The van der Waals surface area contributed by atoms with Crippen molar-refractivity contribution in [3.8, 4) is 0 Å². The highest BCUT2D eigenvalue weighted by Gasteiger charge is 2.08. The molecule has 5 nitrogen and oxygen atoms in total. The molecular formula is C9H15N3O2. The minimum atomic E-state index is -0.0626. The van der Waals surface area contributed by atoms with Gasteiger partial charge < -0.3 is 15.2 Å². The summed E-state index contributed by atoms with van der Waals surface area (Å²) in [5, 5.41) is 9.36. The second kappa shape index (κ2) is 5.39. The molecule has 1 aromatic heterocycles. The Labute approximate surface area is 82.8 Å². The Kier molecular flexibility index (Phi) is 4.12. The normalized spacial score (nSPS) is 12.4. The molecule has 0 radical (unpaired) electrons. The summed E-state index contributed by atoms with van der Waals surface area (Å²) in [6, 6.07) is 1.78. The van der Waals surface area contributed by atoms with Gasteiger partial charge in [0.2, 0.25) is 5.91 Å². The molecule has 1 heterocycles.